The Bertz CT molecular complexity index is 426. The molecule has 0 saturated heterocycles. The summed E-state index contributed by atoms with van der Waals surface area (Å²) < 4.78 is 0. The number of urea groups is 1. The topological polar surface area (TPSA) is 67.2 Å². The van der Waals surface area contributed by atoms with Crippen LogP contribution in [0.1, 0.15) is 44.7 Å². The van der Waals surface area contributed by atoms with Crippen molar-refractivity contribution >= 4 is 11.7 Å². The molecule has 0 aliphatic heterocycles. The van der Waals surface area contributed by atoms with Gasteiger partial charge in [0.25, 0.3) is 0 Å². The van der Waals surface area contributed by atoms with Gasteiger partial charge in [0, 0.05) is 17.8 Å². The van der Waals surface area contributed by atoms with E-state index in [9.17, 15) is 4.79 Å². The van der Waals surface area contributed by atoms with Gasteiger partial charge >= 0.3 is 6.03 Å². The number of hydrogen-bond acceptors (Lipinski definition) is 2. The normalized spacial score (nSPS) is 18.4. The first-order valence-electron chi connectivity index (χ1n) is 6.98. The van der Waals surface area contributed by atoms with Crippen LogP contribution in [0.3, 0.4) is 0 Å². The van der Waals surface area contributed by atoms with Crippen molar-refractivity contribution in [3.05, 3.63) is 29.8 Å². The Labute approximate surface area is 114 Å². The van der Waals surface area contributed by atoms with Crippen LogP contribution in [0.5, 0.6) is 0 Å². The minimum absolute atomic E-state index is 0.318. The van der Waals surface area contributed by atoms with Gasteiger partial charge in [-0.2, -0.15) is 0 Å². The first-order valence-corrected chi connectivity index (χ1v) is 6.98. The molecule has 4 N–H and O–H groups in total. The van der Waals surface area contributed by atoms with Crippen molar-refractivity contribution in [2.24, 2.45) is 11.7 Å². The van der Waals surface area contributed by atoms with E-state index in [0.717, 1.165) is 11.6 Å². The molecular formula is C15H23N3O. The molecule has 1 saturated carbocycles. The molecular weight excluding hydrogens is 238 g/mol. The van der Waals surface area contributed by atoms with Crippen LogP contribution in [0.4, 0.5) is 10.5 Å². The van der Waals surface area contributed by atoms with Crippen molar-refractivity contribution in [1.82, 2.24) is 5.32 Å². The molecule has 19 heavy (non-hydrogen) atoms. The summed E-state index contributed by atoms with van der Waals surface area (Å²) >= 11 is 0. The van der Waals surface area contributed by atoms with Crippen LogP contribution in [-0.2, 0) is 0 Å². The van der Waals surface area contributed by atoms with Gasteiger partial charge in [0.05, 0.1) is 0 Å². The Morgan fingerprint density at radius 2 is 1.89 bits per heavy atom. The maximum absolute atomic E-state index is 10.7. The molecule has 4 heteroatoms. The van der Waals surface area contributed by atoms with Crippen LogP contribution in [0.25, 0.3) is 0 Å². The zero-order valence-electron chi connectivity index (χ0n) is 11.6. The van der Waals surface area contributed by atoms with Crippen LogP contribution >= 0.6 is 0 Å². The van der Waals surface area contributed by atoms with E-state index in [1.165, 1.54) is 24.8 Å². The van der Waals surface area contributed by atoms with Gasteiger partial charge in [-0.1, -0.05) is 18.6 Å². The summed E-state index contributed by atoms with van der Waals surface area (Å²) in [5.74, 6) is 0.832. The molecule has 0 spiro atoms. The number of carbonyl (C=O) groups excluding carboxylic acids is 1. The number of amides is 2. The predicted molar refractivity (Wildman–Crippen MR) is 78.0 cm³/mol. The summed E-state index contributed by atoms with van der Waals surface area (Å²) in [5, 5.41) is 6.21. The molecule has 1 fully saturated rings. The fourth-order valence-electron chi connectivity index (χ4n) is 2.56. The quantitative estimate of drug-likeness (QED) is 0.762. The monoisotopic (exact) mass is 261 g/mol. The molecule has 2 amide bonds. The predicted octanol–water partition coefficient (Wildman–Crippen LogP) is 3.02. The Morgan fingerprint density at radius 3 is 2.37 bits per heavy atom. The average molecular weight is 261 g/mol. The summed E-state index contributed by atoms with van der Waals surface area (Å²) in [5.41, 5.74) is 7.04. The molecule has 4 nitrogen and oxygen atoms in total. The number of nitrogens with one attached hydrogen (secondary N) is 2. The van der Waals surface area contributed by atoms with Crippen molar-refractivity contribution in [1.29, 1.82) is 0 Å². The molecule has 0 aromatic heterocycles. The minimum atomic E-state index is -0.530. The Morgan fingerprint density at radius 1 is 1.26 bits per heavy atom. The number of nitrogens with two attached hydrogens (primary N) is 1. The second kappa shape index (κ2) is 6.06. The molecule has 2 atom stereocenters. The first kappa shape index (κ1) is 13.9. The molecule has 0 radical (unpaired) electrons. The molecule has 104 valence electrons. The van der Waals surface area contributed by atoms with Crippen LogP contribution in [0, 0.1) is 5.92 Å². The third-order valence-electron chi connectivity index (χ3n) is 4.05. The second-order valence-corrected chi connectivity index (χ2v) is 5.48. The van der Waals surface area contributed by atoms with E-state index >= 15 is 0 Å². The van der Waals surface area contributed by atoms with E-state index in [-0.39, 0.29) is 0 Å². The lowest BCUT2D eigenvalue weighted by molar-refractivity contribution is 0.230. The summed E-state index contributed by atoms with van der Waals surface area (Å²) in [7, 11) is 0. The molecule has 0 heterocycles. The Kier molecular flexibility index (Phi) is 4.43. The van der Waals surface area contributed by atoms with Crippen molar-refractivity contribution in [3.8, 4) is 0 Å². The standard InChI is InChI=1S/C15H23N3O/c1-10(12-4-3-5-12)17-11(2)13-6-8-14(9-7-13)18-15(16)19/h6-12,17H,3-5H2,1-2H3,(H3,16,18,19). The minimum Gasteiger partial charge on any atom is -0.351 e. The maximum Gasteiger partial charge on any atom is 0.316 e. The molecule has 0 bridgehead atoms. The highest BCUT2D eigenvalue weighted by Crippen LogP contribution is 2.30. The maximum atomic E-state index is 10.7. The lowest BCUT2D eigenvalue weighted by Gasteiger charge is -2.34. The summed E-state index contributed by atoms with van der Waals surface area (Å²) in [6, 6.07) is 8.16. The van der Waals surface area contributed by atoms with Crippen molar-refractivity contribution in [3.63, 3.8) is 0 Å². The average Bonchev–Trinajstić information content (AvgIpc) is 2.26. The van der Waals surface area contributed by atoms with Crippen LogP contribution in [0.2, 0.25) is 0 Å². The number of primary amides is 1. The Hall–Kier alpha value is -1.55. The molecule has 1 aliphatic rings. The van der Waals surface area contributed by atoms with Gasteiger partial charge in [-0.15, -0.1) is 0 Å². The molecule has 1 aromatic carbocycles. The van der Waals surface area contributed by atoms with Gasteiger partial charge in [-0.25, -0.2) is 4.79 Å². The smallest absolute Gasteiger partial charge is 0.316 e. The zero-order chi connectivity index (χ0) is 13.8. The van der Waals surface area contributed by atoms with Gasteiger partial charge in [-0.05, 0) is 50.3 Å². The fraction of sp³-hybridized carbons (Fsp3) is 0.533. The van der Waals surface area contributed by atoms with Crippen LogP contribution in [-0.4, -0.2) is 12.1 Å². The van der Waals surface area contributed by atoms with E-state index in [1.54, 1.807) is 0 Å². The number of benzene rings is 1. The van der Waals surface area contributed by atoms with Crippen molar-refractivity contribution < 1.29 is 4.79 Å². The number of rotatable bonds is 5. The molecule has 1 aliphatic carbocycles. The largest absolute Gasteiger partial charge is 0.351 e. The van der Waals surface area contributed by atoms with Gasteiger partial charge < -0.3 is 16.4 Å². The van der Waals surface area contributed by atoms with Crippen LogP contribution in [0.15, 0.2) is 24.3 Å². The molecule has 2 unspecified atom stereocenters. The zero-order valence-corrected chi connectivity index (χ0v) is 11.6. The van der Waals surface area contributed by atoms with E-state index < -0.39 is 6.03 Å². The summed E-state index contributed by atoms with van der Waals surface area (Å²) in [6.07, 6.45) is 4.07. The van der Waals surface area contributed by atoms with Gasteiger partial charge in [-0.3, -0.25) is 0 Å². The fourth-order valence-corrected chi connectivity index (χ4v) is 2.56. The Balaban J connectivity index is 1.91. The highest BCUT2D eigenvalue weighted by atomic mass is 16.2. The highest BCUT2D eigenvalue weighted by molar-refractivity contribution is 5.87. The number of carbonyl (C=O) groups is 1. The van der Waals surface area contributed by atoms with E-state index in [4.69, 9.17) is 5.73 Å². The summed E-state index contributed by atoms with van der Waals surface area (Å²) in [6.45, 7) is 4.44. The molecule has 1 aromatic rings. The first-order chi connectivity index (χ1) is 9.06. The SMILES string of the molecule is CC(NC(C)C1CCC1)c1ccc(NC(N)=O)cc1. The van der Waals surface area contributed by atoms with Gasteiger partial charge in [0.2, 0.25) is 0 Å². The molecule has 2 rings (SSSR count). The van der Waals surface area contributed by atoms with E-state index in [1.807, 2.05) is 24.3 Å². The van der Waals surface area contributed by atoms with Gasteiger partial charge in [0.15, 0.2) is 0 Å². The van der Waals surface area contributed by atoms with E-state index in [0.29, 0.717) is 12.1 Å². The van der Waals surface area contributed by atoms with E-state index in [2.05, 4.69) is 24.5 Å². The second-order valence-electron chi connectivity index (χ2n) is 5.48. The van der Waals surface area contributed by atoms with Gasteiger partial charge in [0.1, 0.15) is 0 Å². The lowest BCUT2D eigenvalue weighted by Crippen LogP contribution is -2.38. The third kappa shape index (κ3) is 3.70. The number of hydrogen-bond donors (Lipinski definition) is 3. The highest BCUT2D eigenvalue weighted by Gasteiger charge is 2.24. The third-order valence-corrected chi connectivity index (χ3v) is 4.05. The summed E-state index contributed by atoms with van der Waals surface area (Å²) in [4.78, 5) is 10.7. The van der Waals surface area contributed by atoms with Crippen molar-refractivity contribution in [2.45, 2.75) is 45.2 Å². The van der Waals surface area contributed by atoms with Crippen LogP contribution < -0.4 is 16.4 Å². The number of anilines is 1. The van der Waals surface area contributed by atoms with Crippen molar-refractivity contribution in [2.75, 3.05) is 5.32 Å². The lowest BCUT2D eigenvalue weighted by atomic mass is 9.80.